The highest BCUT2D eigenvalue weighted by Gasteiger charge is 2.48. The number of carbonyl (C=O) groups excluding carboxylic acids is 1. The van der Waals surface area contributed by atoms with Crippen LogP contribution in [0.3, 0.4) is 0 Å². The number of β-amino-alcohol motifs (C(OH)–C–C–N with tert-alkyl or cyclic N) is 1. The monoisotopic (exact) mass is 715 g/mol. The number of carbonyl (C=O) groups is 1. The molecule has 2 bridgehead atoms. The lowest BCUT2D eigenvalue weighted by atomic mass is 9.62. The SMILES string of the molecule is COC1CCN(C[C@]2(O)CCC[C@H](C)[C@@H](C)S(=O)(=O)NC(=O)c3ccc4c(c3)N(CCCCc3cc(Cl)ccc3CO4)C[C@@H]3CC[C@H]32)CC1. The molecule has 11 heteroatoms. The Morgan fingerprint density at radius 2 is 1.80 bits per heavy atom. The molecule has 0 radical (unpaired) electrons. The van der Waals surface area contributed by atoms with Crippen molar-refractivity contribution in [1.82, 2.24) is 9.62 Å². The summed E-state index contributed by atoms with van der Waals surface area (Å²) >= 11 is 6.37. The molecule has 49 heavy (non-hydrogen) atoms. The number of rotatable bonds is 3. The van der Waals surface area contributed by atoms with Crippen molar-refractivity contribution in [3.05, 3.63) is 58.1 Å². The lowest BCUT2D eigenvalue weighted by Crippen LogP contribution is -2.57. The highest BCUT2D eigenvalue weighted by Crippen LogP contribution is 2.46. The minimum absolute atomic E-state index is 0.123. The van der Waals surface area contributed by atoms with E-state index in [1.54, 1.807) is 32.2 Å². The summed E-state index contributed by atoms with van der Waals surface area (Å²) in [6, 6.07) is 11.2. The number of nitrogens with one attached hydrogen (secondary N) is 1. The Morgan fingerprint density at radius 3 is 2.53 bits per heavy atom. The molecule has 9 nitrogen and oxygen atoms in total. The number of hydrogen-bond acceptors (Lipinski definition) is 8. The molecule has 3 aliphatic heterocycles. The number of benzene rings is 2. The normalized spacial score (nSPS) is 30.5. The van der Waals surface area contributed by atoms with Gasteiger partial charge in [-0.15, -0.1) is 0 Å². The first-order valence-electron chi connectivity index (χ1n) is 18.3. The van der Waals surface area contributed by atoms with E-state index in [0.717, 1.165) is 82.4 Å². The van der Waals surface area contributed by atoms with E-state index in [1.165, 1.54) is 5.56 Å². The summed E-state index contributed by atoms with van der Waals surface area (Å²) in [5.74, 6) is 0.231. The first-order valence-corrected chi connectivity index (χ1v) is 20.2. The summed E-state index contributed by atoms with van der Waals surface area (Å²) in [6.45, 7) is 7.85. The molecule has 0 aromatic heterocycles. The van der Waals surface area contributed by atoms with E-state index in [4.69, 9.17) is 21.1 Å². The van der Waals surface area contributed by atoms with Crippen LogP contribution in [0.25, 0.3) is 0 Å². The molecule has 2 fully saturated rings. The van der Waals surface area contributed by atoms with Crippen LogP contribution in [0.1, 0.15) is 93.1 Å². The molecule has 1 saturated carbocycles. The van der Waals surface area contributed by atoms with Crippen LogP contribution in [0, 0.1) is 17.8 Å². The van der Waals surface area contributed by atoms with E-state index in [2.05, 4.69) is 14.5 Å². The fourth-order valence-corrected chi connectivity index (χ4v) is 9.99. The number of anilines is 1. The second-order valence-corrected chi connectivity index (χ2v) is 17.6. The van der Waals surface area contributed by atoms with E-state index in [0.29, 0.717) is 43.2 Å². The third-order valence-electron chi connectivity index (χ3n) is 12.0. The van der Waals surface area contributed by atoms with Gasteiger partial charge in [-0.25, -0.2) is 13.1 Å². The summed E-state index contributed by atoms with van der Waals surface area (Å²) < 4.78 is 41.4. The molecule has 270 valence electrons. The van der Waals surface area contributed by atoms with Crippen molar-refractivity contribution in [1.29, 1.82) is 0 Å². The number of ether oxygens (including phenoxy) is 2. The highest BCUT2D eigenvalue weighted by molar-refractivity contribution is 7.90. The van der Waals surface area contributed by atoms with Gasteiger partial charge in [0.2, 0.25) is 10.0 Å². The zero-order valence-corrected chi connectivity index (χ0v) is 30.9. The summed E-state index contributed by atoms with van der Waals surface area (Å²) in [5, 5.41) is 12.6. The minimum atomic E-state index is -3.94. The van der Waals surface area contributed by atoms with Crippen LogP contribution >= 0.6 is 11.6 Å². The number of halogens is 1. The lowest BCUT2D eigenvalue weighted by molar-refractivity contribution is -0.111. The molecular formula is C38H54ClN3O6S. The third kappa shape index (κ3) is 8.41. The van der Waals surface area contributed by atoms with Crippen molar-refractivity contribution >= 4 is 33.2 Å². The summed E-state index contributed by atoms with van der Waals surface area (Å²) in [7, 11) is -2.16. The first kappa shape index (κ1) is 36.4. The quantitative estimate of drug-likeness (QED) is 0.387. The number of fused-ring (bicyclic) bond motifs is 3. The zero-order chi connectivity index (χ0) is 34.8. The van der Waals surface area contributed by atoms with Gasteiger partial charge in [-0.1, -0.05) is 31.0 Å². The van der Waals surface area contributed by atoms with Gasteiger partial charge in [0.05, 0.1) is 22.6 Å². The number of aryl methyl sites for hydroxylation is 1. The van der Waals surface area contributed by atoms with E-state index >= 15 is 0 Å². The molecule has 2 aromatic carbocycles. The van der Waals surface area contributed by atoms with Gasteiger partial charge in [-0.3, -0.25) is 4.79 Å². The van der Waals surface area contributed by atoms with E-state index in [-0.39, 0.29) is 29.4 Å². The maximum Gasteiger partial charge on any atom is 0.264 e. The predicted molar refractivity (Wildman–Crippen MR) is 194 cm³/mol. The molecule has 0 unspecified atom stereocenters. The highest BCUT2D eigenvalue weighted by atomic mass is 35.5. The largest absolute Gasteiger partial charge is 0.487 e. The Labute approximate surface area is 297 Å². The standard InChI is InChI=1S/C38H54ClN3O6S/c1-26-7-6-17-38(44,25-41-19-15-33(47-3)16-20-41)34-13-10-30(34)23-42-18-5-4-8-28-21-32(39)12-9-31(28)24-48-36-14-11-29(22-35(36)42)37(43)40-49(45,46)27(26)2/h9,11-12,14,21-22,26-27,30,33-34,44H,4-8,10,13,15-20,23-25H2,1-3H3,(H,40,43)/t26-,27+,30-,34+,38+/m0/s1. The Kier molecular flexibility index (Phi) is 11.5. The van der Waals surface area contributed by atoms with Gasteiger partial charge < -0.3 is 24.4 Å². The maximum atomic E-state index is 13.5. The minimum Gasteiger partial charge on any atom is -0.487 e. The van der Waals surface area contributed by atoms with Gasteiger partial charge in [0.15, 0.2) is 0 Å². The number of piperidine rings is 1. The fraction of sp³-hybridized carbons (Fsp3) is 0.658. The molecule has 1 saturated heterocycles. The number of likely N-dealkylation sites (tertiary alicyclic amines) is 1. The topological polar surface area (TPSA) is 108 Å². The van der Waals surface area contributed by atoms with Crippen LogP contribution in [0.4, 0.5) is 5.69 Å². The number of amides is 1. The van der Waals surface area contributed by atoms with Gasteiger partial charge in [0.1, 0.15) is 12.4 Å². The molecule has 2 aromatic rings. The average Bonchev–Trinajstić information content (AvgIpc) is 3.09. The van der Waals surface area contributed by atoms with Gasteiger partial charge in [-0.05, 0) is 124 Å². The predicted octanol–water partition coefficient (Wildman–Crippen LogP) is 6.20. The van der Waals surface area contributed by atoms with Gasteiger partial charge in [-0.2, -0.15) is 0 Å². The van der Waals surface area contributed by atoms with Crippen molar-refractivity contribution < 1.29 is 27.8 Å². The van der Waals surface area contributed by atoms with Crippen molar-refractivity contribution in [3.8, 4) is 5.75 Å². The molecule has 1 amide bonds. The van der Waals surface area contributed by atoms with Crippen LogP contribution in [-0.2, 0) is 27.8 Å². The maximum absolute atomic E-state index is 13.5. The molecule has 5 atom stereocenters. The van der Waals surface area contributed by atoms with E-state index in [1.807, 2.05) is 25.1 Å². The lowest BCUT2D eigenvalue weighted by Gasteiger charge is -2.51. The van der Waals surface area contributed by atoms with E-state index in [9.17, 15) is 18.3 Å². The van der Waals surface area contributed by atoms with Crippen LogP contribution < -0.4 is 14.4 Å². The summed E-state index contributed by atoms with van der Waals surface area (Å²) in [5.41, 5.74) is 2.44. The molecule has 6 rings (SSSR count). The third-order valence-corrected chi connectivity index (χ3v) is 14.1. The average molecular weight is 716 g/mol. The van der Waals surface area contributed by atoms with Crippen molar-refractivity contribution in [2.75, 3.05) is 44.7 Å². The van der Waals surface area contributed by atoms with Crippen molar-refractivity contribution in [2.45, 2.75) is 102 Å². The van der Waals surface area contributed by atoms with Crippen LogP contribution in [0.5, 0.6) is 5.75 Å². The summed E-state index contributed by atoms with van der Waals surface area (Å²) in [6.07, 6.45) is 8.93. The Bertz CT molecular complexity index is 1580. The molecule has 1 aliphatic carbocycles. The van der Waals surface area contributed by atoms with Gasteiger partial charge >= 0.3 is 0 Å². The van der Waals surface area contributed by atoms with Crippen LogP contribution in [0.2, 0.25) is 5.02 Å². The van der Waals surface area contributed by atoms with Gasteiger partial charge in [0, 0.05) is 50.4 Å². The number of nitrogens with zero attached hydrogens (tertiary/aromatic N) is 2. The summed E-state index contributed by atoms with van der Waals surface area (Å²) in [4.78, 5) is 18.2. The number of sulfonamides is 1. The van der Waals surface area contributed by atoms with Gasteiger partial charge in [0.25, 0.3) is 5.91 Å². The fourth-order valence-electron chi connectivity index (χ4n) is 8.48. The number of aliphatic hydroxyl groups is 1. The Morgan fingerprint density at radius 1 is 1.00 bits per heavy atom. The number of methoxy groups -OCH3 is 1. The van der Waals surface area contributed by atoms with Crippen molar-refractivity contribution in [2.24, 2.45) is 17.8 Å². The first-order chi connectivity index (χ1) is 23.5. The molecule has 4 aliphatic rings. The second kappa shape index (κ2) is 15.5. The second-order valence-electron chi connectivity index (χ2n) is 15.1. The van der Waals surface area contributed by atoms with Crippen LogP contribution in [0.15, 0.2) is 36.4 Å². The molecule has 0 spiro atoms. The number of hydrogen-bond donors (Lipinski definition) is 2. The van der Waals surface area contributed by atoms with Crippen LogP contribution in [-0.4, -0.2) is 81.1 Å². The molecule has 3 heterocycles. The Hall–Kier alpha value is -2.37. The molecule has 2 N–H and O–H groups in total. The zero-order valence-electron chi connectivity index (χ0n) is 29.3. The Balaban J connectivity index is 1.35. The van der Waals surface area contributed by atoms with Crippen molar-refractivity contribution in [3.63, 3.8) is 0 Å². The smallest absolute Gasteiger partial charge is 0.264 e. The van der Waals surface area contributed by atoms with E-state index < -0.39 is 26.8 Å². The molecular weight excluding hydrogens is 662 g/mol.